The van der Waals surface area contributed by atoms with Crippen LogP contribution < -0.4 is 9.47 Å². The third-order valence-electron chi connectivity index (χ3n) is 4.24. The molecule has 0 saturated carbocycles. The van der Waals surface area contributed by atoms with Gasteiger partial charge in [-0.25, -0.2) is 0 Å². The lowest BCUT2D eigenvalue weighted by Gasteiger charge is -2.26. The molecule has 0 spiro atoms. The van der Waals surface area contributed by atoms with Crippen molar-refractivity contribution < 1.29 is 14.3 Å². The number of carbonyl (C=O) groups excluding carboxylic acids is 1. The van der Waals surface area contributed by atoms with Crippen molar-refractivity contribution >= 4 is 17.7 Å². The number of hydrogen-bond donors (Lipinski definition) is 0. The first-order valence-corrected chi connectivity index (χ1v) is 9.39. The molecular formula is C16H19N5O3S. The maximum Gasteiger partial charge on any atom is 0.233 e. The molecule has 1 aromatic carbocycles. The molecule has 2 aliphatic heterocycles. The summed E-state index contributed by atoms with van der Waals surface area (Å²) in [7, 11) is 0. The van der Waals surface area contributed by atoms with Crippen LogP contribution in [0.3, 0.4) is 0 Å². The quantitative estimate of drug-likeness (QED) is 0.764. The molecule has 2 aromatic rings. The van der Waals surface area contributed by atoms with Gasteiger partial charge >= 0.3 is 0 Å². The van der Waals surface area contributed by atoms with E-state index in [4.69, 9.17) is 9.47 Å². The highest BCUT2D eigenvalue weighted by atomic mass is 32.2. The molecule has 0 unspecified atom stereocenters. The van der Waals surface area contributed by atoms with Gasteiger partial charge in [-0.1, -0.05) is 11.8 Å². The van der Waals surface area contributed by atoms with Crippen molar-refractivity contribution in [2.75, 3.05) is 32.1 Å². The summed E-state index contributed by atoms with van der Waals surface area (Å²) in [6.45, 7) is 2.79. The second-order valence-corrected chi connectivity index (χ2v) is 6.87. The first kappa shape index (κ1) is 16.2. The standard InChI is InChI=1S/C16H19N5O3S/c22-15(20-6-2-1-3-7-20)11-25-16-17-18-19-21(16)12-4-5-13-14(10-12)24-9-8-23-13/h4-5,10H,1-3,6-9,11H2. The van der Waals surface area contributed by atoms with E-state index in [2.05, 4.69) is 15.5 Å². The molecule has 25 heavy (non-hydrogen) atoms. The van der Waals surface area contributed by atoms with Gasteiger partial charge < -0.3 is 14.4 Å². The molecule has 3 heterocycles. The Bertz CT molecular complexity index is 760. The van der Waals surface area contributed by atoms with Crippen LogP contribution in [0.5, 0.6) is 11.5 Å². The molecular weight excluding hydrogens is 342 g/mol. The molecule has 9 heteroatoms. The van der Waals surface area contributed by atoms with Crippen LogP contribution in [0.2, 0.25) is 0 Å². The largest absolute Gasteiger partial charge is 0.486 e. The van der Waals surface area contributed by atoms with E-state index in [1.807, 2.05) is 23.1 Å². The van der Waals surface area contributed by atoms with Crippen LogP contribution in [0.25, 0.3) is 5.69 Å². The van der Waals surface area contributed by atoms with E-state index in [-0.39, 0.29) is 5.91 Å². The van der Waals surface area contributed by atoms with Gasteiger partial charge in [0.2, 0.25) is 11.1 Å². The van der Waals surface area contributed by atoms with Crippen LogP contribution in [-0.4, -0.2) is 63.1 Å². The van der Waals surface area contributed by atoms with Crippen LogP contribution >= 0.6 is 11.8 Å². The molecule has 1 aromatic heterocycles. The fourth-order valence-electron chi connectivity index (χ4n) is 2.96. The van der Waals surface area contributed by atoms with Crippen molar-refractivity contribution in [2.24, 2.45) is 0 Å². The molecule has 0 aliphatic carbocycles. The Morgan fingerprint density at radius 1 is 1.12 bits per heavy atom. The SMILES string of the molecule is O=C(CSc1nnnn1-c1ccc2c(c1)OCCO2)N1CCCCC1. The Hall–Kier alpha value is -2.29. The fourth-order valence-corrected chi connectivity index (χ4v) is 3.75. The minimum absolute atomic E-state index is 0.140. The normalized spacial score (nSPS) is 16.7. The summed E-state index contributed by atoms with van der Waals surface area (Å²) in [6.07, 6.45) is 3.38. The number of thioether (sulfide) groups is 1. The Morgan fingerprint density at radius 3 is 2.76 bits per heavy atom. The third-order valence-corrected chi connectivity index (χ3v) is 5.15. The van der Waals surface area contributed by atoms with Gasteiger partial charge in [0.1, 0.15) is 13.2 Å². The monoisotopic (exact) mass is 361 g/mol. The predicted octanol–water partition coefficient (Wildman–Crippen LogP) is 1.54. The van der Waals surface area contributed by atoms with E-state index < -0.39 is 0 Å². The first-order valence-electron chi connectivity index (χ1n) is 8.40. The molecule has 1 saturated heterocycles. The van der Waals surface area contributed by atoms with Gasteiger partial charge in [-0.2, -0.15) is 4.68 Å². The average molecular weight is 361 g/mol. The van der Waals surface area contributed by atoms with Gasteiger partial charge in [0.25, 0.3) is 0 Å². The number of aromatic nitrogens is 4. The van der Waals surface area contributed by atoms with E-state index in [1.165, 1.54) is 18.2 Å². The number of tetrazole rings is 1. The highest BCUT2D eigenvalue weighted by Gasteiger charge is 2.19. The van der Waals surface area contributed by atoms with E-state index in [1.54, 1.807) is 4.68 Å². The van der Waals surface area contributed by atoms with Crippen LogP contribution in [0.4, 0.5) is 0 Å². The van der Waals surface area contributed by atoms with Crippen LogP contribution in [0.15, 0.2) is 23.4 Å². The summed E-state index contributed by atoms with van der Waals surface area (Å²) in [5.74, 6) is 1.88. The van der Waals surface area contributed by atoms with E-state index in [0.29, 0.717) is 29.9 Å². The molecule has 8 nitrogen and oxygen atoms in total. The van der Waals surface area contributed by atoms with Crippen molar-refractivity contribution in [1.29, 1.82) is 0 Å². The van der Waals surface area contributed by atoms with E-state index in [0.717, 1.165) is 37.4 Å². The minimum atomic E-state index is 0.140. The number of likely N-dealkylation sites (tertiary alicyclic amines) is 1. The van der Waals surface area contributed by atoms with Gasteiger partial charge in [-0.05, 0) is 41.8 Å². The number of nitrogens with zero attached hydrogens (tertiary/aromatic N) is 5. The zero-order valence-electron chi connectivity index (χ0n) is 13.8. The summed E-state index contributed by atoms with van der Waals surface area (Å²) in [4.78, 5) is 14.2. The molecule has 1 fully saturated rings. The van der Waals surface area contributed by atoms with Crippen LogP contribution in [-0.2, 0) is 4.79 Å². The van der Waals surface area contributed by atoms with Gasteiger partial charge in [0, 0.05) is 19.2 Å². The van der Waals surface area contributed by atoms with Crippen molar-refractivity contribution in [3.05, 3.63) is 18.2 Å². The zero-order valence-corrected chi connectivity index (χ0v) is 14.6. The molecule has 0 bridgehead atoms. The van der Waals surface area contributed by atoms with Gasteiger partial charge in [-0.3, -0.25) is 4.79 Å². The summed E-state index contributed by atoms with van der Waals surface area (Å²) < 4.78 is 12.8. The van der Waals surface area contributed by atoms with Crippen molar-refractivity contribution in [3.63, 3.8) is 0 Å². The Morgan fingerprint density at radius 2 is 1.92 bits per heavy atom. The molecule has 2 aliphatic rings. The van der Waals surface area contributed by atoms with Crippen LogP contribution in [0, 0.1) is 0 Å². The molecule has 132 valence electrons. The summed E-state index contributed by atoms with van der Waals surface area (Å²) in [5, 5.41) is 12.4. The number of piperidine rings is 1. The number of benzene rings is 1. The van der Waals surface area contributed by atoms with Gasteiger partial charge in [-0.15, -0.1) is 5.10 Å². The zero-order chi connectivity index (χ0) is 17.1. The maximum atomic E-state index is 12.3. The second-order valence-electron chi connectivity index (χ2n) is 5.93. The van der Waals surface area contributed by atoms with Crippen molar-refractivity contribution in [1.82, 2.24) is 25.1 Å². The Labute approximate surface area is 149 Å². The smallest absolute Gasteiger partial charge is 0.233 e. The first-order chi connectivity index (χ1) is 12.3. The number of amides is 1. The number of fused-ring (bicyclic) bond motifs is 1. The highest BCUT2D eigenvalue weighted by molar-refractivity contribution is 7.99. The Kier molecular flexibility index (Phi) is 4.73. The van der Waals surface area contributed by atoms with Gasteiger partial charge in [0.15, 0.2) is 11.5 Å². The summed E-state index contributed by atoms with van der Waals surface area (Å²) in [5.41, 5.74) is 0.780. The van der Waals surface area contributed by atoms with Crippen molar-refractivity contribution in [3.8, 4) is 17.2 Å². The number of hydrogen-bond acceptors (Lipinski definition) is 7. The molecule has 0 N–H and O–H groups in total. The van der Waals surface area contributed by atoms with E-state index >= 15 is 0 Å². The fraction of sp³-hybridized carbons (Fsp3) is 0.500. The van der Waals surface area contributed by atoms with Gasteiger partial charge in [0.05, 0.1) is 11.4 Å². The lowest BCUT2D eigenvalue weighted by Crippen LogP contribution is -2.36. The molecule has 0 radical (unpaired) electrons. The number of rotatable bonds is 4. The molecule has 4 rings (SSSR count). The highest BCUT2D eigenvalue weighted by Crippen LogP contribution is 2.32. The minimum Gasteiger partial charge on any atom is -0.486 e. The Balaban J connectivity index is 1.46. The lowest BCUT2D eigenvalue weighted by molar-refractivity contribution is -0.129. The number of ether oxygens (including phenoxy) is 2. The van der Waals surface area contributed by atoms with Crippen molar-refractivity contribution in [2.45, 2.75) is 24.4 Å². The predicted molar refractivity (Wildman–Crippen MR) is 91.3 cm³/mol. The molecule has 1 amide bonds. The van der Waals surface area contributed by atoms with E-state index in [9.17, 15) is 4.79 Å². The lowest BCUT2D eigenvalue weighted by atomic mass is 10.1. The number of carbonyl (C=O) groups is 1. The summed E-state index contributed by atoms with van der Waals surface area (Å²) >= 11 is 1.35. The third kappa shape index (κ3) is 3.55. The second kappa shape index (κ2) is 7.30. The average Bonchev–Trinajstić information content (AvgIpc) is 3.15. The molecule has 0 atom stereocenters. The maximum absolute atomic E-state index is 12.3. The van der Waals surface area contributed by atoms with Crippen LogP contribution in [0.1, 0.15) is 19.3 Å². The topological polar surface area (TPSA) is 82.4 Å². The summed E-state index contributed by atoms with van der Waals surface area (Å²) in [6, 6.07) is 5.57.